The number of hydrogen-bond acceptors (Lipinski definition) is 1. The minimum Gasteiger partial charge on any atom is -0.341 e. The Hall–Kier alpha value is -1.77. The van der Waals surface area contributed by atoms with Crippen LogP contribution in [0, 0.1) is 0 Å². The molecule has 3 nitrogen and oxygen atoms in total. The monoisotopic (exact) mass is 228 g/mol. The molecule has 1 aliphatic heterocycles. The van der Waals surface area contributed by atoms with Gasteiger partial charge in [-0.3, -0.25) is 4.79 Å². The van der Waals surface area contributed by atoms with Crippen molar-refractivity contribution in [1.82, 2.24) is 9.47 Å². The van der Waals surface area contributed by atoms with Crippen molar-refractivity contribution in [3.8, 4) is 0 Å². The van der Waals surface area contributed by atoms with Crippen LogP contribution < -0.4 is 0 Å². The molecule has 2 aromatic rings. The molecule has 1 aromatic heterocycles. The fourth-order valence-electron chi connectivity index (χ4n) is 2.49. The van der Waals surface area contributed by atoms with E-state index in [9.17, 15) is 4.79 Å². The summed E-state index contributed by atoms with van der Waals surface area (Å²) in [6, 6.07) is 10.2. The largest absolute Gasteiger partial charge is 0.341 e. The number of amides is 1. The molecule has 0 spiro atoms. The van der Waals surface area contributed by atoms with Crippen LogP contribution in [-0.4, -0.2) is 28.5 Å². The first-order chi connectivity index (χ1) is 8.34. The van der Waals surface area contributed by atoms with Gasteiger partial charge in [-0.2, -0.15) is 0 Å². The van der Waals surface area contributed by atoms with Crippen molar-refractivity contribution >= 4 is 16.8 Å². The molecule has 0 aliphatic carbocycles. The van der Waals surface area contributed by atoms with Crippen molar-refractivity contribution in [2.24, 2.45) is 0 Å². The first-order valence-corrected chi connectivity index (χ1v) is 6.16. The molecule has 0 radical (unpaired) electrons. The summed E-state index contributed by atoms with van der Waals surface area (Å²) in [5.74, 6) is 0.240. The lowest BCUT2D eigenvalue weighted by atomic mass is 10.2. The zero-order chi connectivity index (χ0) is 11.7. The number of fused-ring (bicyclic) bond motifs is 1. The molecule has 2 heterocycles. The maximum absolute atomic E-state index is 12.1. The summed E-state index contributed by atoms with van der Waals surface area (Å²) < 4.78 is 2.04. The van der Waals surface area contributed by atoms with Gasteiger partial charge in [-0.15, -0.1) is 0 Å². The van der Waals surface area contributed by atoms with Crippen molar-refractivity contribution < 1.29 is 4.79 Å². The van der Waals surface area contributed by atoms with Crippen molar-refractivity contribution in [2.45, 2.75) is 19.4 Å². The average Bonchev–Trinajstić information content (AvgIpc) is 2.98. The maximum atomic E-state index is 12.1. The fraction of sp³-hybridized carbons (Fsp3) is 0.357. The molecular formula is C14H16N2O. The highest BCUT2D eigenvalue weighted by molar-refractivity contribution is 5.83. The van der Waals surface area contributed by atoms with Crippen LogP contribution in [0.2, 0.25) is 0 Å². The number of carbonyl (C=O) groups excluding carboxylic acids is 1. The number of rotatable bonds is 2. The molecule has 0 saturated carbocycles. The van der Waals surface area contributed by atoms with Crippen LogP contribution in [0.5, 0.6) is 0 Å². The molecule has 0 bridgehead atoms. The Morgan fingerprint density at radius 3 is 2.71 bits per heavy atom. The van der Waals surface area contributed by atoms with Crippen LogP contribution in [0.3, 0.4) is 0 Å². The van der Waals surface area contributed by atoms with E-state index in [1.54, 1.807) is 0 Å². The van der Waals surface area contributed by atoms with Crippen LogP contribution in [0.4, 0.5) is 0 Å². The number of nitrogens with zero attached hydrogens (tertiary/aromatic N) is 2. The second-order valence-corrected chi connectivity index (χ2v) is 4.59. The number of benzene rings is 1. The highest BCUT2D eigenvalue weighted by Gasteiger charge is 2.18. The van der Waals surface area contributed by atoms with E-state index in [4.69, 9.17) is 0 Å². The van der Waals surface area contributed by atoms with Gasteiger partial charge in [-0.05, 0) is 30.4 Å². The second kappa shape index (κ2) is 4.24. The summed E-state index contributed by atoms with van der Waals surface area (Å²) in [6.07, 6.45) is 4.30. The summed E-state index contributed by atoms with van der Waals surface area (Å²) in [5, 5.41) is 1.20. The molecule has 3 heteroatoms. The molecule has 0 atom stereocenters. The van der Waals surface area contributed by atoms with E-state index in [1.165, 1.54) is 5.39 Å². The van der Waals surface area contributed by atoms with Gasteiger partial charge in [-0.25, -0.2) is 0 Å². The normalized spacial score (nSPS) is 15.6. The van der Waals surface area contributed by atoms with Gasteiger partial charge in [0.25, 0.3) is 0 Å². The third-order valence-electron chi connectivity index (χ3n) is 3.44. The van der Waals surface area contributed by atoms with Crippen molar-refractivity contribution in [2.75, 3.05) is 13.1 Å². The van der Waals surface area contributed by atoms with Gasteiger partial charge in [0.1, 0.15) is 6.54 Å². The van der Waals surface area contributed by atoms with Gasteiger partial charge < -0.3 is 9.47 Å². The Balaban J connectivity index is 1.82. The van der Waals surface area contributed by atoms with E-state index in [0.29, 0.717) is 6.54 Å². The minimum absolute atomic E-state index is 0.240. The summed E-state index contributed by atoms with van der Waals surface area (Å²) >= 11 is 0. The zero-order valence-electron chi connectivity index (χ0n) is 9.80. The van der Waals surface area contributed by atoms with Crippen LogP contribution in [0.15, 0.2) is 36.5 Å². The third kappa shape index (κ3) is 1.93. The number of carbonyl (C=O) groups is 1. The maximum Gasteiger partial charge on any atom is 0.242 e. The molecule has 1 aliphatic rings. The molecule has 1 saturated heterocycles. The second-order valence-electron chi connectivity index (χ2n) is 4.59. The number of likely N-dealkylation sites (tertiary alicyclic amines) is 1. The van der Waals surface area contributed by atoms with E-state index in [1.807, 2.05) is 27.8 Å². The van der Waals surface area contributed by atoms with Gasteiger partial charge in [0.2, 0.25) is 5.91 Å². The topological polar surface area (TPSA) is 25.2 Å². The molecule has 88 valence electrons. The van der Waals surface area contributed by atoms with Crippen molar-refractivity contribution in [1.29, 1.82) is 0 Å². The molecule has 17 heavy (non-hydrogen) atoms. The van der Waals surface area contributed by atoms with Gasteiger partial charge in [0.05, 0.1) is 0 Å². The predicted molar refractivity (Wildman–Crippen MR) is 67.8 cm³/mol. The van der Waals surface area contributed by atoms with Gasteiger partial charge in [-0.1, -0.05) is 18.2 Å². The third-order valence-corrected chi connectivity index (χ3v) is 3.44. The molecule has 3 rings (SSSR count). The minimum atomic E-state index is 0.240. The lowest BCUT2D eigenvalue weighted by Crippen LogP contribution is -2.30. The van der Waals surface area contributed by atoms with Crippen molar-refractivity contribution in [3.05, 3.63) is 36.5 Å². The average molecular weight is 228 g/mol. The lowest BCUT2D eigenvalue weighted by molar-refractivity contribution is -0.130. The van der Waals surface area contributed by atoms with E-state index >= 15 is 0 Å². The Kier molecular flexibility index (Phi) is 2.59. The summed E-state index contributed by atoms with van der Waals surface area (Å²) in [6.45, 7) is 2.32. The van der Waals surface area contributed by atoms with Gasteiger partial charge in [0, 0.05) is 24.8 Å². The standard InChI is InChI=1S/C14H16N2O/c17-14(15-8-3-4-9-15)11-16-10-7-12-5-1-2-6-13(12)16/h1-2,5-7,10H,3-4,8-9,11H2. The number of hydrogen-bond donors (Lipinski definition) is 0. The summed E-state index contributed by atoms with van der Waals surface area (Å²) in [4.78, 5) is 14.0. The lowest BCUT2D eigenvalue weighted by Gasteiger charge is -2.15. The highest BCUT2D eigenvalue weighted by Crippen LogP contribution is 2.16. The van der Waals surface area contributed by atoms with Crippen LogP contribution in [0.1, 0.15) is 12.8 Å². The SMILES string of the molecule is O=C(Cn1ccc2ccccc21)N1CCCC1. The summed E-state index contributed by atoms with van der Waals surface area (Å²) in [5.41, 5.74) is 1.14. The molecule has 1 fully saturated rings. The predicted octanol–water partition coefficient (Wildman–Crippen LogP) is 2.26. The quantitative estimate of drug-likeness (QED) is 0.774. The van der Waals surface area contributed by atoms with Crippen LogP contribution in [0.25, 0.3) is 10.9 Å². The fourth-order valence-corrected chi connectivity index (χ4v) is 2.49. The zero-order valence-corrected chi connectivity index (χ0v) is 9.80. The van der Waals surface area contributed by atoms with Gasteiger partial charge in [0.15, 0.2) is 0 Å². The van der Waals surface area contributed by atoms with E-state index < -0.39 is 0 Å². The Bertz CT molecular complexity index is 538. The molecule has 0 N–H and O–H groups in total. The molecule has 1 aromatic carbocycles. The van der Waals surface area contributed by atoms with E-state index in [2.05, 4.69) is 18.2 Å². The Morgan fingerprint density at radius 1 is 1.12 bits per heavy atom. The first kappa shape index (κ1) is 10.4. The van der Waals surface area contributed by atoms with Crippen molar-refractivity contribution in [3.63, 3.8) is 0 Å². The smallest absolute Gasteiger partial charge is 0.242 e. The van der Waals surface area contributed by atoms with Crippen LogP contribution >= 0.6 is 0 Å². The number of aromatic nitrogens is 1. The Morgan fingerprint density at radius 2 is 1.88 bits per heavy atom. The molecular weight excluding hydrogens is 212 g/mol. The summed E-state index contributed by atoms with van der Waals surface area (Å²) in [7, 11) is 0. The molecule has 0 unspecified atom stereocenters. The van der Waals surface area contributed by atoms with E-state index in [-0.39, 0.29) is 5.91 Å². The van der Waals surface area contributed by atoms with Gasteiger partial charge >= 0.3 is 0 Å². The van der Waals surface area contributed by atoms with E-state index in [0.717, 1.165) is 31.4 Å². The molecule has 1 amide bonds. The highest BCUT2D eigenvalue weighted by atomic mass is 16.2. The number of para-hydroxylation sites is 1. The first-order valence-electron chi connectivity index (χ1n) is 6.16. The van der Waals surface area contributed by atoms with Crippen LogP contribution in [-0.2, 0) is 11.3 Å². The Labute approximate surface area is 101 Å².